The van der Waals surface area contributed by atoms with E-state index in [4.69, 9.17) is 21.1 Å². The molecule has 0 fully saturated rings. The molecule has 5 nitrogen and oxygen atoms in total. The number of aliphatic hydroxyl groups excluding tert-OH is 1. The Morgan fingerprint density at radius 1 is 1.38 bits per heavy atom. The number of methoxy groups -OCH3 is 1. The molecule has 1 aromatic carbocycles. The summed E-state index contributed by atoms with van der Waals surface area (Å²) in [7, 11) is 1.55. The molecule has 0 aliphatic heterocycles. The van der Waals surface area contributed by atoms with Crippen molar-refractivity contribution in [1.29, 1.82) is 0 Å². The summed E-state index contributed by atoms with van der Waals surface area (Å²) in [6.07, 6.45) is 0.752. The zero-order valence-electron chi connectivity index (χ0n) is 12.3. The second-order valence-electron chi connectivity index (χ2n) is 4.92. The second kappa shape index (κ2) is 6.83. The van der Waals surface area contributed by atoms with E-state index in [2.05, 4.69) is 5.10 Å². The van der Waals surface area contributed by atoms with Crippen LogP contribution in [0.3, 0.4) is 0 Å². The van der Waals surface area contributed by atoms with Gasteiger partial charge in [-0.3, -0.25) is 4.68 Å². The van der Waals surface area contributed by atoms with E-state index in [1.807, 2.05) is 13.8 Å². The highest BCUT2D eigenvalue weighted by Gasteiger charge is 2.22. The van der Waals surface area contributed by atoms with E-state index in [1.165, 1.54) is 0 Å². The Bertz CT molecular complexity index is 598. The van der Waals surface area contributed by atoms with Gasteiger partial charge in [0.2, 0.25) is 0 Å². The van der Waals surface area contributed by atoms with Crippen molar-refractivity contribution in [3.05, 3.63) is 41.2 Å². The first-order chi connectivity index (χ1) is 10.0. The van der Waals surface area contributed by atoms with E-state index in [1.54, 1.807) is 42.3 Å². The Morgan fingerprint density at radius 3 is 2.76 bits per heavy atom. The molecule has 1 N–H and O–H groups in total. The standard InChI is InChI=1S/C15H19ClN2O3/c1-10(2)18-15(14(20-3)8-17-18)13(19)9-21-12-6-4-5-11(16)7-12/h4-8,10,13,19H,9H2,1-3H3. The summed E-state index contributed by atoms with van der Waals surface area (Å²) < 4.78 is 12.6. The fourth-order valence-corrected chi connectivity index (χ4v) is 2.23. The lowest BCUT2D eigenvalue weighted by Gasteiger charge is -2.17. The number of rotatable bonds is 6. The summed E-state index contributed by atoms with van der Waals surface area (Å²) in [5.41, 5.74) is 0.606. The molecule has 6 heteroatoms. The zero-order chi connectivity index (χ0) is 15.4. The van der Waals surface area contributed by atoms with Crippen LogP contribution in [-0.4, -0.2) is 28.6 Å². The van der Waals surface area contributed by atoms with Crippen LogP contribution in [0.15, 0.2) is 30.5 Å². The molecular weight excluding hydrogens is 292 g/mol. The molecule has 114 valence electrons. The van der Waals surface area contributed by atoms with E-state index in [-0.39, 0.29) is 12.6 Å². The molecule has 0 bridgehead atoms. The maximum absolute atomic E-state index is 10.4. The van der Waals surface area contributed by atoms with Crippen LogP contribution in [0.2, 0.25) is 5.02 Å². The summed E-state index contributed by atoms with van der Waals surface area (Å²) >= 11 is 5.90. The van der Waals surface area contributed by atoms with Gasteiger partial charge in [0.15, 0.2) is 5.75 Å². The van der Waals surface area contributed by atoms with Gasteiger partial charge in [0.25, 0.3) is 0 Å². The molecule has 2 rings (SSSR count). The van der Waals surface area contributed by atoms with Crippen LogP contribution in [0.1, 0.15) is 31.7 Å². The monoisotopic (exact) mass is 310 g/mol. The highest BCUT2D eigenvalue weighted by Crippen LogP contribution is 2.28. The van der Waals surface area contributed by atoms with E-state index < -0.39 is 6.10 Å². The van der Waals surface area contributed by atoms with E-state index in [0.29, 0.717) is 22.2 Å². The maximum atomic E-state index is 10.4. The maximum Gasteiger partial charge on any atom is 0.162 e. The Balaban J connectivity index is 2.13. The smallest absolute Gasteiger partial charge is 0.162 e. The molecular formula is C15H19ClN2O3. The Hall–Kier alpha value is -1.72. The number of benzene rings is 1. The lowest BCUT2D eigenvalue weighted by molar-refractivity contribution is 0.0964. The quantitative estimate of drug-likeness (QED) is 0.890. The highest BCUT2D eigenvalue weighted by molar-refractivity contribution is 6.30. The van der Waals surface area contributed by atoms with Gasteiger partial charge in [-0.1, -0.05) is 17.7 Å². The van der Waals surface area contributed by atoms with Crippen molar-refractivity contribution >= 4 is 11.6 Å². The van der Waals surface area contributed by atoms with Crippen LogP contribution < -0.4 is 9.47 Å². The number of hydrogen-bond donors (Lipinski definition) is 1. The third kappa shape index (κ3) is 3.68. The minimum Gasteiger partial charge on any atom is -0.493 e. The first kappa shape index (κ1) is 15.7. The van der Waals surface area contributed by atoms with Crippen molar-refractivity contribution in [2.75, 3.05) is 13.7 Å². The van der Waals surface area contributed by atoms with Crippen LogP contribution in [0.4, 0.5) is 0 Å². The second-order valence-corrected chi connectivity index (χ2v) is 5.36. The van der Waals surface area contributed by atoms with Crippen molar-refractivity contribution in [2.24, 2.45) is 0 Å². The Labute approximate surface area is 129 Å². The molecule has 0 amide bonds. The van der Waals surface area contributed by atoms with Gasteiger partial charge >= 0.3 is 0 Å². The van der Waals surface area contributed by atoms with Gasteiger partial charge < -0.3 is 14.6 Å². The fourth-order valence-electron chi connectivity index (χ4n) is 2.05. The molecule has 1 unspecified atom stereocenters. The van der Waals surface area contributed by atoms with Crippen LogP contribution in [0.25, 0.3) is 0 Å². The number of aromatic nitrogens is 2. The molecule has 1 atom stereocenters. The molecule has 2 aromatic rings. The van der Waals surface area contributed by atoms with Crippen molar-refractivity contribution in [1.82, 2.24) is 9.78 Å². The Kier molecular flexibility index (Phi) is 5.09. The molecule has 0 saturated heterocycles. The van der Waals surface area contributed by atoms with Crippen LogP contribution in [-0.2, 0) is 0 Å². The SMILES string of the molecule is COc1cnn(C(C)C)c1C(O)COc1cccc(Cl)c1. The first-order valence-corrected chi connectivity index (χ1v) is 7.08. The van der Waals surface area contributed by atoms with Gasteiger partial charge in [0.1, 0.15) is 24.2 Å². The van der Waals surface area contributed by atoms with E-state index in [9.17, 15) is 5.11 Å². The number of nitrogens with zero attached hydrogens (tertiary/aromatic N) is 2. The lowest BCUT2D eigenvalue weighted by atomic mass is 10.2. The van der Waals surface area contributed by atoms with E-state index in [0.717, 1.165) is 0 Å². The molecule has 21 heavy (non-hydrogen) atoms. The summed E-state index contributed by atoms with van der Waals surface area (Å²) in [6, 6.07) is 7.16. The number of aliphatic hydroxyl groups is 1. The first-order valence-electron chi connectivity index (χ1n) is 6.70. The molecule has 0 saturated carbocycles. The van der Waals surface area contributed by atoms with Gasteiger partial charge in [-0.25, -0.2) is 0 Å². The van der Waals surface area contributed by atoms with Crippen molar-refractivity contribution in [3.8, 4) is 11.5 Å². The predicted molar refractivity (Wildman–Crippen MR) is 81.1 cm³/mol. The normalized spacial score (nSPS) is 12.5. The third-order valence-electron chi connectivity index (χ3n) is 3.03. The topological polar surface area (TPSA) is 56.5 Å². The van der Waals surface area contributed by atoms with Crippen molar-refractivity contribution in [2.45, 2.75) is 26.0 Å². The van der Waals surface area contributed by atoms with E-state index >= 15 is 0 Å². The average molecular weight is 311 g/mol. The van der Waals surface area contributed by atoms with Crippen molar-refractivity contribution < 1.29 is 14.6 Å². The zero-order valence-corrected chi connectivity index (χ0v) is 13.0. The minimum atomic E-state index is -0.844. The van der Waals surface area contributed by atoms with Gasteiger partial charge in [-0.05, 0) is 32.0 Å². The average Bonchev–Trinajstić information content (AvgIpc) is 2.89. The van der Waals surface area contributed by atoms with Gasteiger partial charge in [-0.2, -0.15) is 5.10 Å². The summed E-state index contributed by atoms with van der Waals surface area (Å²) in [5.74, 6) is 1.15. The van der Waals surface area contributed by atoms with Crippen molar-refractivity contribution in [3.63, 3.8) is 0 Å². The Morgan fingerprint density at radius 2 is 2.14 bits per heavy atom. The number of ether oxygens (including phenoxy) is 2. The van der Waals surface area contributed by atoms with Gasteiger partial charge in [-0.15, -0.1) is 0 Å². The molecule has 1 heterocycles. The number of hydrogen-bond acceptors (Lipinski definition) is 4. The van der Waals surface area contributed by atoms with Crippen LogP contribution in [0.5, 0.6) is 11.5 Å². The molecule has 0 spiro atoms. The fraction of sp³-hybridized carbons (Fsp3) is 0.400. The summed E-state index contributed by atoms with van der Waals surface area (Å²) in [5, 5.41) is 15.2. The predicted octanol–water partition coefficient (Wildman–Crippen LogP) is 3.24. The third-order valence-corrected chi connectivity index (χ3v) is 3.26. The van der Waals surface area contributed by atoms with Gasteiger partial charge in [0, 0.05) is 11.1 Å². The molecule has 0 aliphatic carbocycles. The molecule has 1 aromatic heterocycles. The minimum absolute atomic E-state index is 0.0924. The van der Waals surface area contributed by atoms with Crippen LogP contribution >= 0.6 is 11.6 Å². The highest BCUT2D eigenvalue weighted by atomic mass is 35.5. The number of halogens is 1. The molecule has 0 radical (unpaired) electrons. The largest absolute Gasteiger partial charge is 0.493 e. The van der Waals surface area contributed by atoms with Gasteiger partial charge in [0.05, 0.1) is 13.3 Å². The lowest BCUT2D eigenvalue weighted by Crippen LogP contribution is -2.17. The molecule has 0 aliphatic rings. The van der Waals surface area contributed by atoms with Crippen LogP contribution in [0, 0.1) is 0 Å². The summed E-state index contributed by atoms with van der Waals surface area (Å²) in [4.78, 5) is 0. The summed E-state index contributed by atoms with van der Waals surface area (Å²) in [6.45, 7) is 4.07.